The highest BCUT2D eigenvalue weighted by atomic mass is 16.3. The summed E-state index contributed by atoms with van der Waals surface area (Å²) < 4.78 is 8.11. The Morgan fingerprint density at radius 2 is 1.29 bits per heavy atom. The van der Waals surface area contributed by atoms with Crippen LogP contribution in [0.15, 0.2) is 59.5 Å². The number of carbonyl (C=O) groups is 1. The standard InChI is InChI=1S/C32H34N4O2/c1-19-17-25(33(5)21(19)3)11-9-23-13-15-27(35(23)7)29-31(37)30(32(29)38)28-16-14-24(36(28)8)10-12-26-18-20(2)22(4)34(26)6/h9-18H,1-8H3. The number of aromatic nitrogens is 3. The van der Waals surface area contributed by atoms with Crippen LogP contribution >= 0.6 is 0 Å². The summed E-state index contributed by atoms with van der Waals surface area (Å²) in [5.74, 6) is -0.406. The first-order valence-corrected chi connectivity index (χ1v) is 12.8. The van der Waals surface area contributed by atoms with Crippen LogP contribution in [0, 0.1) is 27.7 Å². The molecule has 38 heavy (non-hydrogen) atoms. The minimum Gasteiger partial charge on any atom is -0.871 e. The average molecular weight is 507 g/mol. The zero-order valence-corrected chi connectivity index (χ0v) is 23.4. The van der Waals surface area contributed by atoms with Gasteiger partial charge in [-0.05, 0) is 81.3 Å². The average Bonchev–Trinajstić information content (AvgIpc) is 3.57. The highest BCUT2D eigenvalue weighted by Gasteiger charge is 2.37. The number of ketones is 1. The lowest BCUT2D eigenvalue weighted by atomic mass is 9.84. The minimum absolute atomic E-state index is 0.203. The van der Waals surface area contributed by atoms with Crippen LogP contribution in [0.1, 0.15) is 45.3 Å². The summed E-state index contributed by atoms with van der Waals surface area (Å²) in [6.45, 7) is 8.40. The molecule has 1 aliphatic carbocycles. The van der Waals surface area contributed by atoms with Gasteiger partial charge in [0.15, 0.2) is 0 Å². The largest absolute Gasteiger partial charge is 0.871 e. The fourth-order valence-electron chi connectivity index (χ4n) is 5.17. The SMILES string of the molecule is Cc1cc(/C=C/C2=[N+](C)C(=C3\C(=O)C(c4ccc(/C=C/c5cc(C)c(C)n5C)n4C)=C3[O-])/C=C2)n(C)c1C. The molecule has 4 heterocycles. The molecule has 1 aliphatic heterocycles. The van der Waals surface area contributed by atoms with Crippen LogP contribution in [0.25, 0.3) is 23.8 Å². The second-order valence-corrected chi connectivity index (χ2v) is 10.3. The molecule has 5 rings (SSSR count). The van der Waals surface area contributed by atoms with Crippen molar-refractivity contribution in [1.29, 1.82) is 0 Å². The fraction of sp³-hybridized carbons (Fsp3) is 0.250. The second-order valence-electron chi connectivity index (χ2n) is 10.3. The van der Waals surface area contributed by atoms with E-state index in [0.717, 1.165) is 22.8 Å². The highest BCUT2D eigenvalue weighted by Crippen LogP contribution is 2.38. The summed E-state index contributed by atoms with van der Waals surface area (Å²) in [6, 6.07) is 8.09. The Bertz CT molecular complexity index is 1700. The number of hydrogen-bond donors (Lipinski definition) is 0. The fourth-order valence-corrected chi connectivity index (χ4v) is 5.17. The topological polar surface area (TPSA) is 57.9 Å². The molecule has 0 N–H and O–H groups in total. The van der Waals surface area contributed by atoms with E-state index in [1.54, 1.807) is 0 Å². The summed E-state index contributed by atoms with van der Waals surface area (Å²) in [5, 5.41) is 13.3. The predicted octanol–water partition coefficient (Wildman–Crippen LogP) is 4.38. The quantitative estimate of drug-likeness (QED) is 0.381. The van der Waals surface area contributed by atoms with Gasteiger partial charge in [-0.3, -0.25) is 4.79 Å². The van der Waals surface area contributed by atoms with Gasteiger partial charge in [0, 0.05) is 73.4 Å². The number of likely N-dealkylation sites (N-methyl/N-ethyl adjacent to an activating group) is 1. The van der Waals surface area contributed by atoms with Crippen molar-refractivity contribution in [2.45, 2.75) is 27.7 Å². The molecule has 0 fully saturated rings. The lowest BCUT2D eigenvalue weighted by Gasteiger charge is -2.30. The van der Waals surface area contributed by atoms with E-state index >= 15 is 0 Å². The van der Waals surface area contributed by atoms with E-state index in [4.69, 9.17) is 0 Å². The van der Waals surface area contributed by atoms with Gasteiger partial charge in [0.1, 0.15) is 7.05 Å². The third-order valence-electron chi connectivity index (χ3n) is 8.24. The van der Waals surface area contributed by atoms with Crippen molar-refractivity contribution in [3.05, 3.63) is 105 Å². The van der Waals surface area contributed by atoms with E-state index < -0.39 is 0 Å². The molecule has 2 aliphatic rings. The first-order chi connectivity index (χ1) is 18.0. The zero-order valence-electron chi connectivity index (χ0n) is 23.4. The maximum Gasteiger partial charge on any atom is 0.216 e. The lowest BCUT2D eigenvalue weighted by Crippen LogP contribution is -2.32. The van der Waals surface area contributed by atoms with E-state index in [1.807, 2.05) is 73.8 Å². The van der Waals surface area contributed by atoms with E-state index in [9.17, 15) is 9.90 Å². The van der Waals surface area contributed by atoms with Crippen molar-refractivity contribution < 1.29 is 14.5 Å². The molecule has 0 bridgehead atoms. The van der Waals surface area contributed by atoms with Crippen LogP contribution in [0.4, 0.5) is 0 Å². The van der Waals surface area contributed by atoms with Gasteiger partial charge in [-0.25, -0.2) is 0 Å². The second kappa shape index (κ2) is 9.21. The summed E-state index contributed by atoms with van der Waals surface area (Å²) in [4.78, 5) is 13.3. The van der Waals surface area contributed by atoms with Gasteiger partial charge < -0.3 is 18.8 Å². The molecule has 0 spiro atoms. The molecule has 0 atom stereocenters. The smallest absolute Gasteiger partial charge is 0.216 e. The molecule has 3 aromatic heterocycles. The highest BCUT2D eigenvalue weighted by molar-refractivity contribution is 6.38. The van der Waals surface area contributed by atoms with Crippen molar-refractivity contribution in [2.24, 2.45) is 21.1 Å². The van der Waals surface area contributed by atoms with Gasteiger partial charge in [0.05, 0.1) is 11.3 Å². The first-order valence-electron chi connectivity index (χ1n) is 12.8. The molecule has 194 valence electrons. The van der Waals surface area contributed by atoms with Crippen LogP contribution in [-0.4, -0.2) is 36.8 Å². The molecule has 0 aromatic carbocycles. The summed E-state index contributed by atoms with van der Waals surface area (Å²) in [6.07, 6.45) is 11.9. The zero-order chi connectivity index (χ0) is 27.5. The molecule has 0 amide bonds. The predicted molar refractivity (Wildman–Crippen MR) is 152 cm³/mol. The van der Waals surface area contributed by atoms with Gasteiger partial charge in [0.2, 0.25) is 17.2 Å². The number of rotatable bonds is 5. The van der Waals surface area contributed by atoms with Crippen LogP contribution in [-0.2, 0) is 25.9 Å². The van der Waals surface area contributed by atoms with Crippen LogP contribution in [0.2, 0.25) is 0 Å². The summed E-state index contributed by atoms with van der Waals surface area (Å²) in [5.41, 5.74) is 10.8. The van der Waals surface area contributed by atoms with Crippen molar-refractivity contribution in [3.63, 3.8) is 0 Å². The summed E-state index contributed by atoms with van der Waals surface area (Å²) >= 11 is 0. The Kier molecular flexibility index (Phi) is 6.14. The Morgan fingerprint density at radius 3 is 1.82 bits per heavy atom. The molecular weight excluding hydrogens is 472 g/mol. The van der Waals surface area contributed by atoms with Gasteiger partial charge in [-0.15, -0.1) is 0 Å². The van der Waals surface area contributed by atoms with Crippen LogP contribution < -0.4 is 5.11 Å². The first kappa shape index (κ1) is 25.3. The number of allylic oxidation sites excluding steroid dienone is 5. The Labute approximate surface area is 224 Å². The molecule has 0 saturated carbocycles. The Morgan fingerprint density at radius 1 is 0.737 bits per heavy atom. The molecule has 0 saturated heterocycles. The third kappa shape index (κ3) is 3.88. The molecule has 3 aromatic rings. The molecule has 6 nitrogen and oxygen atoms in total. The van der Waals surface area contributed by atoms with Crippen LogP contribution in [0.5, 0.6) is 0 Å². The van der Waals surface area contributed by atoms with Gasteiger partial charge in [0.25, 0.3) is 0 Å². The van der Waals surface area contributed by atoms with E-state index in [2.05, 4.69) is 61.1 Å². The van der Waals surface area contributed by atoms with E-state index in [1.165, 1.54) is 22.5 Å². The van der Waals surface area contributed by atoms with Crippen molar-refractivity contribution in [3.8, 4) is 0 Å². The van der Waals surface area contributed by atoms with E-state index in [-0.39, 0.29) is 22.7 Å². The van der Waals surface area contributed by atoms with E-state index in [0.29, 0.717) is 11.4 Å². The Balaban J connectivity index is 1.43. The molecule has 6 heteroatoms. The normalized spacial score (nSPS) is 17.8. The summed E-state index contributed by atoms with van der Waals surface area (Å²) in [7, 11) is 7.87. The molecular formula is C32H34N4O2. The monoisotopic (exact) mass is 506 g/mol. The third-order valence-corrected chi connectivity index (χ3v) is 8.24. The maximum absolute atomic E-state index is 13.3. The van der Waals surface area contributed by atoms with Crippen molar-refractivity contribution in [1.82, 2.24) is 13.7 Å². The number of carbonyl (C=O) groups excluding carboxylic acids is 1. The molecule has 0 unspecified atom stereocenters. The van der Waals surface area contributed by atoms with Gasteiger partial charge in [-0.2, -0.15) is 4.58 Å². The van der Waals surface area contributed by atoms with Crippen molar-refractivity contribution in [2.75, 3.05) is 7.05 Å². The number of nitrogens with zero attached hydrogens (tertiary/aromatic N) is 4. The van der Waals surface area contributed by atoms with Crippen molar-refractivity contribution >= 4 is 35.3 Å². The number of Topliss-reactive ketones (excluding diaryl/α,β-unsaturated/α-hetero) is 1. The Hall–Kier alpha value is -4.32. The minimum atomic E-state index is -0.203. The van der Waals surface area contributed by atoms with Gasteiger partial charge in [-0.1, -0.05) is 5.76 Å². The maximum atomic E-state index is 13.3. The lowest BCUT2D eigenvalue weighted by molar-refractivity contribution is -0.435. The number of aryl methyl sites for hydroxylation is 2. The van der Waals surface area contributed by atoms with Crippen LogP contribution in [0.3, 0.4) is 0 Å². The van der Waals surface area contributed by atoms with Gasteiger partial charge >= 0.3 is 0 Å². The molecule has 0 radical (unpaired) electrons. The number of hydrogen-bond acceptors (Lipinski definition) is 2.